The molecule has 0 radical (unpaired) electrons. The summed E-state index contributed by atoms with van der Waals surface area (Å²) in [6, 6.07) is 9.31. The number of aromatic nitrogens is 2. The number of H-pyrrole nitrogens is 1. The quantitative estimate of drug-likeness (QED) is 0.325. The monoisotopic (exact) mass is 421 g/mol. The van der Waals surface area contributed by atoms with Gasteiger partial charge in [-0.2, -0.15) is 13.2 Å². The number of alkyl halides is 3. The summed E-state index contributed by atoms with van der Waals surface area (Å²) in [7, 11) is 0. The number of nitrogens with one attached hydrogen (secondary N) is 2. The van der Waals surface area contributed by atoms with Crippen LogP contribution >= 0.6 is 0 Å². The summed E-state index contributed by atoms with van der Waals surface area (Å²) < 4.78 is 52.9. The molecule has 1 aromatic heterocycles. The van der Waals surface area contributed by atoms with Crippen molar-refractivity contribution >= 4 is 16.9 Å². The molecule has 158 valence electrons. The van der Waals surface area contributed by atoms with Gasteiger partial charge in [0.2, 0.25) is 5.82 Å². The number of rotatable bonds is 3. The normalized spacial score (nSPS) is 21.9. The second-order valence-corrected chi connectivity index (χ2v) is 7.73. The lowest BCUT2D eigenvalue weighted by atomic mass is 9.75. The van der Waals surface area contributed by atoms with Gasteiger partial charge in [-0.15, -0.1) is 0 Å². The molecule has 0 spiro atoms. The summed E-state index contributed by atoms with van der Waals surface area (Å²) in [5, 5.41) is 9.35. The average Bonchev–Trinajstić information content (AvgIpc) is 3.34. The Hall–Kier alpha value is -2.94. The first-order valence-electron chi connectivity index (χ1n) is 9.43. The number of hydrogen-bond acceptors (Lipinski definition) is 3. The Balaban J connectivity index is 1.72. The standard InChI is InChI=1S/C21H19F4N3O2/c1-11-14(3-2-4-15(11)22)20(19(29)28-30)8-7-13(10-20)12-5-6-16-17(9-12)27-18(26-16)21(23,24)25/h2-6,9,13,30H,7-8,10H2,1H3,(H,26,27)(H,28,29)/t13-,20+/m1/s1. The Morgan fingerprint density at radius 3 is 2.77 bits per heavy atom. The van der Waals surface area contributed by atoms with E-state index in [1.54, 1.807) is 30.6 Å². The number of hydroxylamine groups is 1. The summed E-state index contributed by atoms with van der Waals surface area (Å²) in [6.07, 6.45) is -3.37. The Bertz CT molecular complexity index is 1130. The molecule has 5 nitrogen and oxygen atoms in total. The van der Waals surface area contributed by atoms with Crippen LogP contribution in [0.4, 0.5) is 17.6 Å². The van der Waals surface area contributed by atoms with Crippen LogP contribution in [0.2, 0.25) is 0 Å². The Morgan fingerprint density at radius 2 is 2.07 bits per heavy atom. The van der Waals surface area contributed by atoms with Crippen molar-refractivity contribution in [3.8, 4) is 0 Å². The van der Waals surface area contributed by atoms with Crippen molar-refractivity contribution in [2.75, 3.05) is 0 Å². The third-order valence-electron chi connectivity index (χ3n) is 6.08. The van der Waals surface area contributed by atoms with Crippen LogP contribution in [-0.2, 0) is 16.4 Å². The van der Waals surface area contributed by atoms with E-state index in [1.165, 1.54) is 18.2 Å². The van der Waals surface area contributed by atoms with Crippen molar-refractivity contribution in [1.82, 2.24) is 15.4 Å². The molecule has 2 aromatic carbocycles. The number of fused-ring (bicyclic) bond motifs is 1. The van der Waals surface area contributed by atoms with Crippen LogP contribution in [-0.4, -0.2) is 21.1 Å². The van der Waals surface area contributed by atoms with Crippen molar-refractivity contribution < 1.29 is 27.6 Å². The molecule has 0 unspecified atom stereocenters. The molecule has 1 aliphatic carbocycles. The minimum absolute atomic E-state index is 0.160. The average molecular weight is 421 g/mol. The molecule has 0 bridgehead atoms. The van der Waals surface area contributed by atoms with E-state index in [1.807, 2.05) is 0 Å². The van der Waals surface area contributed by atoms with Crippen molar-refractivity contribution in [2.24, 2.45) is 0 Å². The van der Waals surface area contributed by atoms with Gasteiger partial charge in [0.1, 0.15) is 5.82 Å². The molecule has 1 amide bonds. The Morgan fingerprint density at radius 1 is 1.30 bits per heavy atom. The first-order chi connectivity index (χ1) is 14.2. The highest BCUT2D eigenvalue weighted by atomic mass is 19.4. The minimum Gasteiger partial charge on any atom is -0.334 e. The third-order valence-corrected chi connectivity index (χ3v) is 6.08. The number of halogens is 4. The number of aromatic amines is 1. The molecule has 1 heterocycles. The predicted molar refractivity (Wildman–Crippen MR) is 100 cm³/mol. The molecule has 1 fully saturated rings. The smallest absolute Gasteiger partial charge is 0.334 e. The van der Waals surface area contributed by atoms with Crippen LogP contribution < -0.4 is 5.48 Å². The van der Waals surface area contributed by atoms with Gasteiger partial charge in [0.25, 0.3) is 5.91 Å². The first-order valence-corrected chi connectivity index (χ1v) is 9.43. The Kier molecular flexibility index (Phi) is 4.80. The molecule has 2 atom stereocenters. The highest BCUT2D eigenvalue weighted by Crippen LogP contribution is 2.50. The molecular formula is C21H19F4N3O2. The molecule has 1 saturated carbocycles. The van der Waals surface area contributed by atoms with Crippen LogP contribution in [0.1, 0.15) is 47.7 Å². The number of hydrogen-bond donors (Lipinski definition) is 3. The van der Waals surface area contributed by atoms with Gasteiger partial charge in [0.05, 0.1) is 16.4 Å². The fourth-order valence-corrected chi connectivity index (χ4v) is 4.55. The zero-order valence-electron chi connectivity index (χ0n) is 16.0. The maximum Gasteiger partial charge on any atom is 0.449 e. The number of carbonyl (C=O) groups excluding carboxylic acids is 1. The van der Waals surface area contributed by atoms with Crippen LogP contribution in [0, 0.1) is 12.7 Å². The molecule has 9 heteroatoms. The number of carbonyl (C=O) groups is 1. The van der Waals surface area contributed by atoms with E-state index in [2.05, 4.69) is 9.97 Å². The fraction of sp³-hybridized carbons (Fsp3) is 0.333. The molecule has 3 N–H and O–H groups in total. The van der Waals surface area contributed by atoms with Gasteiger partial charge in [0, 0.05) is 0 Å². The predicted octanol–water partition coefficient (Wildman–Crippen LogP) is 4.74. The van der Waals surface area contributed by atoms with Crippen LogP contribution in [0.3, 0.4) is 0 Å². The molecule has 3 aromatic rings. The van der Waals surface area contributed by atoms with Gasteiger partial charge in [-0.3, -0.25) is 10.0 Å². The maximum atomic E-state index is 14.2. The largest absolute Gasteiger partial charge is 0.449 e. The second-order valence-electron chi connectivity index (χ2n) is 7.73. The maximum absolute atomic E-state index is 14.2. The summed E-state index contributed by atoms with van der Waals surface area (Å²) in [5.74, 6) is -2.29. The summed E-state index contributed by atoms with van der Waals surface area (Å²) in [4.78, 5) is 18.5. The van der Waals surface area contributed by atoms with Gasteiger partial charge in [-0.25, -0.2) is 14.9 Å². The zero-order valence-corrected chi connectivity index (χ0v) is 16.0. The zero-order chi connectivity index (χ0) is 21.7. The summed E-state index contributed by atoms with van der Waals surface area (Å²) >= 11 is 0. The highest BCUT2D eigenvalue weighted by Gasteiger charge is 2.48. The summed E-state index contributed by atoms with van der Waals surface area (Å²) in [6.45, 7) is 1.58. The van der Waals surface area contributed by atoms with E-state index in [-0.39, 0.29) is 23.4 Å². The van der Waals surface area contributed by atoms with Crippen molar-refractivity contribution in [2.45, 2.75) is 43.7 Å². The van der Waals surface area contributed by atoms with E-state index >= 15 is 0 Å². The number of imidazole rings is 1. The van der Waals surface area contributed by atoms with E-state index in [0.717, 1.165) is 5.56 Å². The lowest BCUT2D eigenvalue weighted by Crippen LogP contribution is -2.42. The molecule has 1 aliphatic rings. The minimum atomic E-state index is -4.57. The van der Waals surface area contributed by atoms with Crippen molar-refractivity contribution in [3.05, 3.63) is 64.7 Å². The number of amides is 1. The highest BCUT2D eigenvalue weighted by molar-refractivity contribution is 5.88. The van der Waals surface area contributed by atoms with Crippen molar-refractivity contribution in [3.63, 3.8) is 0 Å². The second kappa shape index (κ2) is 7.09. The lowest BCUT2D eigenvalue weighted by Gasteiger charge is -2.29. The first kappa shape index (κ1) is 20.3. The van der Waals surface area contributed by atoms with Gasteiger partial charge < -0.3 is 4.98 Å². The number of benzene rings is 2. The third kappa shape index (κ3) is 3.23. The van der Waals surface area contributed by atoms with E-state index in [0.29, 0.717) is 24.0 Å². The van der Waals surface area contributed by atoms with E-state index in [9.17, 15) is 27.6 Å². The van der Waals surface area contributed by atoms with Crippen LogP contribution in [0.25, 0.3) is 11.0 Å². The molecule has 0 aliphatic heterocycles. The fourth-order valence-electron chi connectivity index (χ4n) is 4.55. The molecule has 30 heavy (non-hydrogen) atoms. The van der Waals surface area contributed by atoms with E-state index < -0.39 is 29.1 Å². The topological polar surface area (TPSA) is 78.0 Å². The molecule has 4 rings (SSSR count). The van der Waals surface area contributed by atoms with Gasteiger partial charge in [0.15, 0.2) is 0 Å². The van der Waals surface area contributed by atoms with Crippen LogP contribution in [0.5, 0.6) is 0 Å². The van der Waals surface area contributed by atoms with Crippen molar-refractivity contribution in [1.29, 1.82) is 0 Å². The van der Waals surface area contributed by atoms with Gasteiger partial charge in [-0.1, -0.05) is 18.2 Å². The van der Waals surface area contributed by atoms with E-state index in [4.69, 9.17) is 0 Å². The molecular weight excluding hydrogens is 402 g/mol. The summed E-state index contributed by atoms with van der Waals surface area (Å²) in [5.41, 5.74) is 2.62. The molecule has 0 saturated heterocycles. The SMILES string of the molecule is Cc1c(F)cccc1[C@]1(C(=O)NO)CC[C@@H](c2ccc3nc(C(F)(F)F)[nH]c3c2)C1. The van der Waals surface area contributed by atoms with Gasteiger partial charge >= 0.3 is 6.18 Å². The number of nitrogens with zero attached hydrogens (tertiary/aromatic N) is 1. The Labute approximate surface area is 169 Å². The van der Waals surface area contributed by atoms with Gasteiger partial charge in [-0.05, 0) is 67.0 Å². The van der Waals surface area contributed by atoms with Crippen LogP contribution in [0.15, 0.2) is 36.4 Å². The lowest BCUT2D eigenvalue weighted by molar-refractivity contribution is -0.144.